The zero-order chi connectivity index (χ0) is 20.8. The third kappa shape index (κ3) is 3.66. The van der Waals surface area contributed by atoms with Crippen molar-refractivity contribution in [3.63, 3.8) is 0 Å². The van der Waals surface area contributed by atoms with E-state index in [9.17, 15) is 13.2 Å². The summed E-state index contributed by atoms with van der Waals surface area (Å²) in [4.78, 5) is 3.43. The maximum absolute atomic E-state index is 13.0. The quantitative estimate of drug-likeness (QED) is 0.455. The zero-order valence-electron chi connectivity index (χ0n) is 14.4. The molecule has 0 aliphatic heterocycles. The highest BCUT2D eigenvalue weighted by molar-refractivity contribution is 6.33. The van der Waals surface area contributed by atoms with E-state index in [1.807, 2.05) is 0 Å². The number of aromatic nitrogens is 5. The molecule has 29 heavy (non-hydrogen) atoms. The van der Waals surface area contributed by atoms with Gasteiger partial charge in [-0.3, -0.25) is 0 Å². The van der Waals surface area contributed by atoms with E-state index in [0.29, 0.717) is 22.1 Å². The van der Waals surface area contributed by atoms with Crippen LogP contribution < -0.4 is 5.73 Å². The number of rotatable bonds is 3. The van der Waals surface area contributed by atoms with Crippen molar-refractivity contribution < 1.29 is 13.2 Å². The van der Waals surface area contributed by atoms with Crippen LogP contribution in [0.2, 0.25) is 10.0 Å². The Hall–Kier alpha value is -3.04. The highest BCUT2D eigenvalue weighted by Gasteiger charge is 2.34. The van der Waals surface area contributed by atoms with Gasteiger partial charge in [-0.05, 0) is 24.3 Å². The monoisotopic (exact) mass is 438 g/mol. The van der Waals surface area contributed by atoms with Crippen molar-refractivity contribution in [3.05, 3.63) is 70.9 Å². The molecule has 4 rings (SSSR count). The van der Waals surface area contributed by atoms with E-state index in [2.05, 4.69) is 15.3 Å². The third-order valence-electron chi connectivity index (χ3n) is 4.11. The number of alkyl halides is 3. The summed E-state index contributed by atoms with van der Waals surface area (Å²) >= 11 is 12.3. The Morgan fingerprint density at radius 2 is 1.76 bits per heavy atom. The average Bonchev–Trinajstić information content (AvgIpc) is 3.31. The molecule has 0 amide bonds. The smallest absolute Gasteiger partial charge is 0.399 e. The number of halogens is 5. The molecule has 0 aliphatic carbocycles. The number of nitrogen functional groups attached to an aromatic ring is 1. The number of nitrogens with two attached hydrogens (primary N) is 1. The van der Waals surface area contributed by atoms with Gasteiger partial charge in [0, 0.05) is 22.5 Å². The minimum absolute atomic E-state index is 0.128. The first-order valence-electron chi connectivity index (χ1n) is 8.11. The molecule has 2 aromatic carbocycles. The van der Waals surface area contributed by atoms with Gasteiger partial charge in [-0.1, -0.05) is 40.5 Å². The molecule has 11 heteroatoms. The molecular formula is C18H11Cl2F3N6. The second-order valence-corrected chi connectivity index (χ2v) is 6.92. The Kier molecular flexibility index (Phi) is 4.71. The van der Waals surface area contributed by atoms with Crippen LogP contribution in [-0.4, -0.2) is 24.5 Å². The van der Waals surface area contributed by atoms with Gasteiger partial charge in [-0.2, -0.15) is 13.2 Å². The lowest BCUT2D eigenvalue weighted by atomic mass is 10.1. The normalized spacial score (nSPS) is 11.8. The molecule has 0 unspecified atom stereocenters. The lowest BCUT2D eigenvalue weighted by Gasteiger charge is -2.15. The van der Waals surface area contributed by atoms with E-state index in [1.54, 1.807) is 30.3 Å². The van der Waals surface area contributed by atoms with Crippen molar-refractivity contribution in [3.8, 4) is 22.6 Å². The van der Waals surface area contributed by atoms with Crippen LogP contribution in [0.4, 0.5) is 18.9 Å². The summed E-state index contributed by atoms with van der Waals surface area (Å²) in [6.07, 6.45) is -1.20. The van der Waals surface area contributed by atoms with Crippen LogP contribution in [0.3, 0.4) is 0 Å². The maximum atomic E-state index is 13.0. The number of benzene rings is 2. The van der Waals surface area contributed by atoms with Crippen molar-refractivity contribution in [1.82, 2.24) is 24.5 Å². The maximum Gasteiger partial charge on any atom is 0.434 e. The molecule has 0 spiro atoms. The van der Waals surface area contributed by atoms with Gasteiger partial charge >= 0.3 is 6.18 Å². The molecule has 2 N–H and O–H groups in total. The first-order valence-corrected chi connectivity index (χ1v) is 8.87. The summed E-state index contributed by atoms with van der Waals surface area (Å²) < 4.78 is 41.6. The van der Waals surface area contributed by atoms with Crippen LogP contribution >= 0.6 is 23.2 Å². The van der Waals surface area contributed by atoms with Crippen molar-refractivity contribution in [2.75, 3.05) is 5.73 Å². The van der Waals surface area contributed by atoms with Crippen LogP contribution in [0, 0.1) is 0 Å². The predicted octanol–water partition coefficient (Wildman–Crippen LogP) is 5.03. The van der Waals surface area contributed by atoms with Gasteiger partial charge < -0.3 is 10.3 Å². The SMILES string of the molecule is Nc1cc(Cl)c(-n2cnc(C(F)(F)F)c2)c(-n2nncc2-c2ccc(Cl)cc2)c1. The number of hydrogen-bond donors (Lipinski definition) is 1. The summed E-state index contributed by atoms with van der Waals surface area (Å²) in [5, 5.41) is 8.68. The third-order valence-corrected chi connectivity index (χ3v) is 4.65. The van der Waals surface area contributed by atoms with Crippen LogP contribution in [0.25, 0.3) is 22.6 Å². The van der Waals surface area contributed by atoms with E-state index in [0.717, 1.165) is 18.1 Å². The van der Waals surface area contributed by atoms with Crippen LogP contribution in [0.15, 0.2) is 55.1 Å². The van der Waals surface area contributed by atoms with Gasteiger partial charge in [-0.25, -0.2) is 9.67 Å². The van der Waals surface area contributed by atoms with E-state index in [-0.39, 0.29) is 10.7 Å². The van der Waals surface area contributed by atoms with E-state index >= 15 is 0 Å². The molecule has 0 atom stereocenters. The number of anilines is 1. The number of nitrogens with zero attached hydrogens (tertiary/aromatic N) is 5. The lowest BCUT2D eigenvalue weighted by molar-refractivity contribution is -0.140. The molecule has 0 saturated carbocycles. The van der Waals surface area contributed by atoms with E-state index in [1.165, 1.54) is 21.5 Å². The van der Waals surface area contributed by atoms with Gasteiger partial charge in [0.2, 0.25) is 0 Å². The molecule has 0 aliphatic rings. The van der Waals surface area contributed by atoms with Crippen molar-refractivity contribution >= 4 is 28.9 Å². The first-order chi connectivity index (χ1) is 13.7. The molecule has 6 nitrogen and oxygen atoms in total. The van der Waals surface area contributed by atoms with Gasteiger partial charge in [0.15, 0.2) is 5.69 Å². The summed E-state index contributed by atoms with van der Waals surface area (Å²) in [5.41, 5.74) is 7.06. The molecule has 0 radical (unpaired) electrons. The Morgan fingerprint density at radius 1 is 1.03 bits per heavy atom. The molecule has 0 fully saturated rings. The summed E-state index contributed by atoms with van der Waals surface area (Å²) in [6, 6.07) is 9.92. The lowest BCUT2D eigenvalue weighted by Crippen LogP contribution is -2.08. The van der Waals surface area contributed by atoms with E-state index < -0.39 is 11.9 Å². The zero-order valence-corrected chi connectivity index (χ0v) is 15.9. The van der Waals surface area contributed by atoms with Gasteiger partial charge in [0.25, 0.3) is 0 Å². The minimum Gasteiger partial charge on any atom is -0.399 e. The molecule has 2 heterocycles. The molecule has 4 aromatic rings. The fraction of sp³-hybridized carbons (Fsp3) is 0.0556. The fourth-order valence-electron chi connectivity index (χ4n) is 2.84. The number of hydrogen-bond acceptors (Lipinski definition) is 4. The Labute approximate surface area is 172 Å². The van der Waals surface area contributed by atoms with Gasteiger partial charge in [0.1, 0.15) is 0 Å². The van der Waals surface area contributed by atoms with Crippen LogP contribution in [-0.2, 0) is 6.18 Å². The predicted molar refractivity (Wildman–Crippen MR) is 103 cm³/mol. The van der Waals surface area contributed by atoms with Crippen molar-refractivity contribution in [1.29, 1.82) is 0 Å². The molecule has 0 bridgehead atoms. The topological polar surface area (TPSA) is 74.6 Å². The van der Waals surface area contributed by atoms with Gasteiger partial charge in [0.05, 0.1) is 34.6 Å². The average molecular weight is 439 g/mol. The Morgan fingerprint density at radius 3 is 2.41 bits per heavy atom. The molecular weight excluding hydrogens is 428 g/mol. The summed E-state index contributed by atoms with van der Waals surface area (Å²) in [6.45, 7) is 0. The molecule has 2 aromatic heterocycles. The highest BCUT2D eigenvalue weighted by atomic mass is 35.5. The number of imidazole rings is 1. The van der Waals surface area contributed by atoms with Crippen LogP contribution in [0.5, 0.6) is 0 Å². The standard InChI is InChI=1S/C18H11Cl2F3N6/c19-11-3-1-10(2-4-11)15-7-26-27-29(15)14-6-12(24)5-13(20)17(14)28-8-16(25-9-28)18(21,22)23/h1-9H,24H2. The fourth-order valence-corrected chi connectivity index (χ4v) is 3.29. The Balaban J connectivity index is 1.91. The first kappa shape index (κ1) is 19.3. The van der Waals surface area contributed by atoms with Gasteiger partial charge in [-0.15, -0.1) is 5.10 Å². The van der Waals surface area contributed by atoms with Crippen molar-refractivity contribution in [2.45, 2.75) is 6.18 Å². The van der Waals surface area contributed by atoms with E-state index in [4.69, 9.17) is 28.9 Å². The molecule has 148 valence electrons. The second-order valence-electron chi connectivity index (χ2n) is 6.07. The largest absolute Gasteiger partial charge is 0.434 e. The second kappa shape index (κ2) is 7.09. The molecule has 0 saturated heterocycles. The van der Waals surface area contributed by atoms with Crippen LogP contribution in [0.1, 0.15) is 5.69 Å². The minimum atomic E-state index is -4.59. The highest BCUT2D eigenvalue weighted by Crippen LogP contribution is 2.35. The van der Waals surface area contributed by atoms with Crippen molar-refractivity contribution in [2.24, 2.45) is 0 Å². The Bertz CT molecular complexity index is 1180. The summed E-state index contributed by atoms with van der Waals surface area (Å²) in [5.74, 6) is 0. The summed E-state index contributed by atoms with van der Waals surface area (Å²) in [7, 11) is 0.